The third-order valence-corrected chi connectivity index (χ3v) is 4.51. The first-order chi connectivity index (χ1) is 11.3. The van der Waals surface area contributed by atoms with Crippen molar-refractivity contribution in [3.8, 4) is 6.07 Å². The topological polar surface area (TPSA) is 74.2 Å². The molecule has 1 aliphatic carbocycles. The summed E-state index contributed by atoms with van der Waals surface area (Å²) in [5.41, 5.74) is 3.92. The largest absolute Gasteiger partial charge is 0.367 e. The van der Waals surface area contributed by atoms with E-state index in [2.05, 4.69) is 34.9 Å². The molecule has 1 fully saturated rings. The summed E-state index contributed by atoms with van der Waals surface area (Å²) in [6.07, 6.45) is 4.42. The maximum atomic E-state index is 12.3. The summed E-state index contributed by atoms with van der Waals surface area (Å²) in [4.78, 5) is 12.3. The molecule has 1 aromatic rings. The van der Waals surface area contributed by atoms with Gasteiger partial charge in [0.1, 0.15) is 12.1 Å². The van der Waals surface area contributed by atoms with Crippen LogP contribution in [0.25, 0.3) is 0 Å². The van der Waals surface area contributed by atoms with Crippen LogP contribution in [-0.2, 0) is 28.8 Å². The molecular formula is C18H23N3O2. The van der Waals surface area contributed by atoms with Gasteiger partial charge in [-0.05, 0) is 48.9 Å². The molecule has 0 bridgehead atoms. The summed E-state index contributed by atoms with van der Waals surface area (Å²) in [5.74, 6) is -0.202. The fourth-order valence-electron chi connectivity index (χ4n) is 3.26. The molecule has 5 heteroatoms. The Hall–Kier alpha value is -1.90. The number of carbonyl (C=O) groups is 1. The predicted molar refractivity (Wildman–Crippen MR) is 86.9 cm³/mol. The van der Waals surface area contributed by atoms with Crippen molar-refractivity contribution in [1.82, 2.24) is 10.6 Å². The van der Waals surface area contributed by atoms with Crippen molar-refractivity contribution in [2.75, 3.05) is 19.7 Å². The fraction of sp³-hybridized carbons (Fsp3) is 0.556. The summed E-state index contributed by atoms with van der Waals surface area (Å²) >= 11 is 0. The van der Waals surface area contributed by atoms with Gasteiger partial charge in [0, 0.05) is 19.6 Å². The summed E-state index contributed by atoms with van der Waals surface area (Å²) in [6.45, 7) is 1.94. The molecule has 3 rings (SSSR count). The Morgan fingerprint density at radius 2 is 2.26 bits per heavy atom. The SMILES string of the molecule is N#C[C@@H](Cc1ccc2c(c1)CCC2)NC(=O)[C@@H]1CNCCCO1. The summed E-state index contributed by atoms with van der Waals surface area (Å²) in [5, 5.41) is 15.4. The predicted octanol–water partition coefficient (Wildman–Crippen LogP) is 1.10. The van der Waals surface area contributed by atoms with E-state index in [1.54, 1.807) is 0 Å². The Bertz CT molecular complexity index is 601. The smallest absolute Gasteiger partial charge is 0.251 e. The molecule has 1 aromatic carbocycles. The van der Waals surface area contributed by atoms with Crippen molar-refractivity contribution >= 4 is 5.91 Å². The van der Waals surface area contributed by atoms with Gasteiger partial charge in [-0.15, -0.1) is 0 Å². The highest BCUT2D eigenvalue weighted by Gasteiger charge is 2.23. The standard InChI is InChI=1S/C18H23N3O2/c19-11-16(21-18(22)17-12-20-7-2-8-23-17)10-13-5-6-14-3-1-4-15(14)9-13/h5-6,9,16-17,20H,1-4,7-8,10,12H2,(H,21,22)/t16-,17+/m1/s1. The van der Waals surface area contributed by atoms with Gasteiger partial charge in [0.2, 0.25) is 0 Å². The van der Waals surface area contributed by atoms with Crippen LogP contribution in [0, 0.1) is 11.3 Å². The average Bonchev–Trinajstić information content (AvgIpc) is 2.85. The number of hydrogen-bond donors (Lipinski definition) is 2. The molecule has 0 unspecified atom stereocenters. The van der Waals surface area contributed by atoms with Crippen LogP contribution < -0.4 is 10.6 Å². The van der Waals surface area contributed by atoms with Crippen molar-refractivity contribution in [3.63, 3.8) is 0 Å². The van der Waals surface area contributed by atoms with Crippen LogP contribution in [0.5, 0.6) is 0 Å². The molecule has 2 N–H and O–H groups in total. The van der Waals surface area contributed by atoms with E-state index in [9.17, 15) is 10.1 Å². The minimum Gasteiger partial charge on any atom is -0.367 e. The van der Waals surface area contributed by atoms with Gasteiger partial charge >= 0.3 is 0 Å². The van der Waals surface area contributed by atoms with Crippen LogP contribution in [0.3, 0.4) is 0 Å². The number of aryl methyl sites for hydroxylation is 2. The minimum atomic E-state index is -0.520. The van der Waals surface area contributed by atoms with E-state index in [-0.39, 0.29) is 5.91 Å². The molecule has 1 heterocycles. The summed E-state index contributed by atoms with van der Waals surface area (Å²) in [6, 6.07) is 8.09. The Kier molecular flexibility index (Phi) is 5.27. The number of nitriles is 1. The number of fused-ring (bicyclic) bond motifs is 1. The van der Waals surface area contributed by atoms with Crippen LogP contribution >= 0.6 is 0 Å². The molecule has 1 amide bonds. The highest BCUT2D eigenvalue weighted by atomic mass is 16.5. The summed E-state index contributed by atoms with van der Waals surface area (Å²) < 4.78 is 5.54. The van der Waals surface area contributed by atoms with Crippen molar-refractivity contribution in [1.29, 1.82) is 5.26 Å². The van der Waals surface area contributed by atoms with Gasteiger partial charge in [-0.3, -0.25) is 4.79 Å². The van der Waals surface area contributed by atoms with Gasteiger partial charge in [-0.1, -0.05) is 18.2 Å². The minimum absolute atomic E-state index is 0.202. The molecule has 0 saturated carbocycles. The third-order valence-electron chi connectivity index (χ3n) is 4.51. The van der Waals surface area contributed by atoms with Gasteiger partial charge in [-0.25, -0.2) is 0 Å². The molecule has 0 aromatic heterocycles. The first kappa shape index (κ1) is 16.0. The number of benzene rings is 1. The second-order valence-corrected chi connectivity index (χ2v) is 6.27. The Balaban J connectivity index is 1.59. The monoisotopic (exact) mass is 313 g/mol. The van der Waals surface area contributed by atoms with E-state index in [0.29, 0.717) is 19.6 Å². The zero-order valence-electron chi connectivity index (χ0n) is 13.3. The lowest BCUT2D eigenvalue weighted by Gasteiger charge is -2.18. The molecule has 2 aliphatic rings. The molecule has 122 valence electrons. The fourth-order valence-corrected chi connectivity index (χ4v) is 3.26. The molecular weight excluding hydrogens is 290 g/mol. The lowest BCUT2D eigenvalue weighted by atomic mass is 10.0. The van der Waals surface area contributed by atoms with Crippen LogP contribution in [0.15, 0.2) is 18.2 Å². The first-order valence-electron chi connectivity index (χ1n) is 8.39. The zero-order valence-corrected chi connectivity index (χ0v) is 13.3. The van der Waals surface area contributed by atoms with Crippen molar-refractivity contribution in [3.05, 3.63) is 34.9 Å². The van der Waals surface area contributed by atoms with E-state index in [1.165, 1.54) is 17.5 Å². The molecule has 1 saturated heterocycles. The van der Waals surface area contributed by atoms with E-state index in [4.69, 9.17) is 4.74 Å². The number of nitrogens with one attached hydrogen (secondary N) is 2. The van der Waals surface area contributed by atoms with Gasteiger partial charge < -0.3 is 15.4 Å². The Morgan fingerprint density at radius 3 is 3.13 bits per heavy atom. The number of ether oxygens (including phenoxy) is 1. The van der Waals surface area contributed by atoms with Crippen LogP contribution in [-0.4, -0.2) is 37.7 Å². The van der Waals surface area contributed by atoms with Crippen molar-refractivity contribution in [2.24, 2.45) is 0 Å². The van der Waals surface area contributed by atoms with Gasteiger partial charge in [0.05, 0.1) is 6.07 Å². The second-order valence-electron chi connectivity index (χ2n) is 6.27. The maximum absolute atomic E-state index is 12.3. The lowest BCUT2D eigenvalue weighted by Crippen LogP contribution is -2.46. The van der Waals surface area contributed by atoms with Crippen molar-refractivity contribution in [2.45, 2.75) is 44.2 Å². The van der Waals surface area contributed by atoms with Gasteiger partial charge in [0.25, 0.3) is 5.91 Å². The average molecular weight is 313 g/mol. The number of rotatable bonds is 4. The van der Waals surface area contributed by atoms with Gasteiger partial charge in [-0.2, -0.15) is 5.26 Å². The Labute approximate surface area is 137 Å². The number of nitrogens with zero attached hydrogens (tertiary/aromatic N) is 1. The van der Waals surface area contributed by atoms with Gasteiger partial charge in [0.15, 0.2) is 0 Å². The van der Waals surface area contributed by atoms with E-state index >= 15 is 0 Å². The molecule has 23 heavy (non-hydrogen) atoms. The molecule has 2 atom stereocenters. The van der Waals surface area contributed by atoms with Crippen LogP contribution in [0.4, 0.5) is 0 Å². The van der Waals surface area contributed by atoms with Crippen molar-refractivity contribution < 1.29 is 9.53 Å². The maximum Gasteiger partial charge on any atom is 0.251 e. The Morgan fingerprint density at radius 1 is 1.39 bits per heavy atom. The zero-order chi connectivity index (χ0) is 16.1. The summed E-state index contributed by atoms with van der Waals surface area (Å²) in [7, 11) is 0. The molecule has 0 spiro atoms. The number of hydrogen-bond acceptors (Lipinski definition) is 4. The van der Waals surface area contributed by atoms with E-state index < -0.39 is 12.1 Å². The van der Waals surface area contributed by atoms with Crippen LogP contribution in [0.2, 0.25) is 0 Å². The third kappa shape index (κ3) is 4.10. The highest BCUT2D eigenvalue weighted by molar-refractivity contribution is 5.81. The first-order valence-corrected chi connectivity index (χ1v) is 8.39. The lowest BCUT2D eigenvalue weighted by molar-refractivity contribution is -0.132. The number of amides is 1. The highest BCUT2D eigenvalue weighted by Crippen LogP contribution is 2.23. The molecule has 1 aliphatic heterocycles. The normalized spacial score (nSPS) is 21.8. The van der Waals surface area contributed by atoms with E-state index in [0.717, 1.165) is 31.4 Å². The second kappa shape index (κ2) is 7.58. The molecule has 0 radical (unpaired) electrons. The molecule has 5 nitrogen and oxygen atoms in total. The number of carbonyl (C=O) groups excluding carboxylic acids is 1. The quantitative estimate of drug-likeness (QED) is 0.873. The van der Waals surface area contributed by atoms with Crippen LogP contribution in [0.1, 0.15) is 29.5 Å². The van der Waals surface area contributed by atoms with E-state index in [1.807, 2.05) is 0 Å².